The molecule has 1 amide bonds. The van der Waals surface area contributed by atoms with Crippen molar-refractivity contribution >= 4 is 17.6 Å². The molecule has 1 aliphatic rings. The summed E-state index contributed by atoms with van der Waals surface area (Å²) in [5, 5.41) is 9.73. The highest BCUT2D eigenvalue weighted by molar-refractivity contribution is 5.93. The Morgan fingerprint density at radius 1 is 1.24 bits per heavy atom. The van der Waals surface area contributed by atoms with Crippen molar-refractivity contribution in [3.8, 4) is 0 Å². The number of guanidine groups is 1. The van der Waals surface area contributed by atoms with Gasteiger partial charge < -0.3 is 20.7 Å². The number of carbonyl (C=O) groups excluding carboxylic acids is 1. The van der Waals surface area contributed by atoms with E-state index in [-0.39, 0.29) is 17.9 Å². The Hall–Kier alpha value is -2.08. The molecule has 0 aliphatic heterocycles. The summed E-state index contributed by atoms with van der Waals surface area (Å²) < 4.78 is 5.81. The van der Waals surface area contributed by atoms with Crippen molar-refractivity contribution in [3.05, 3.63) is 29.8 Å². The third-order valence-corrected chi connectivity index (χ3v) is 5.28. The lowest BCUT2D eigenvalue weighted by molar-refractivity contribution is -0.122. The molecule has 0 radical (unpaired) electrons. The summed E-state index contributed by atoms with van der Waals surface area (Å²) in [5.41, 5.74) is 1.92. The minimum atomic E-state index is 0.140. The zero-order chi connectivity index (χ0) is 21.1. The van der Waals surface area contributed by atoms with Crippen molar-refractivity contribution in [2.24, 2.45) is 16.8 Å². The molecule has 1 unspecified atom stereocenters. The highest BCUT2D eigenvalue weighted by Crippen LogP contribution is 2.27. The van der Waals surface area contributed by atoms with Gasteiger partial charge in [0.2, 0.25) is 5.91 Å². The Morgan fingerprint density at radius 2 is 2.03 bits per heavy atom. The minimum Gasteiger partial charge on any atom is -0.378 e. The molecule has 6 nitrogen and oxygen atoms in total. The second kappa shape index (κ2) is 12.5. The average Bonchev–Trinajstić information content (AvgIpc) is 2.64. The van der Waals surface area contributed by atoms with Crippen LogP contribution in [-0.2, 0) is 16.1 Å². The third-order valence-electron chi connectivity index (χ3n) is 5.28. The molecule has 1 fully saturated rings. The van der Waals surface area contributed by atoms with E-state index >= 15 is 0 Å². The highest BCUT2D eigenvalue weighted by Gasteiger charge is 2.25. The van der Waals surface area contributed by atoms with Gasteiger partial charge in [0.25, 0.3) is 0 Å². The summed E-state index contributed by atoms with van der Waals surface area (Å²) in [4.78, 5) is 16.9. The SMILES string of the molecule is CCNC(=NCc1cccc(NC(=O)C2CCC2)c1)NCCC(OCC)C(C)C. The number of rotatable bonds is 11. The van der Waals surface area contributed by atoms with Crippen molar-refractivity contribution in [2.45, 2.75) is 66.0 Å². The Morgan fingerprint density at radius 3 is 2.66 bits per heavy atom. The van der Waals surface area contributed by atoms with Crippen LogP contribution in [0.2, 0.25) is 0 Å². The molecule has 1 atom stereocenters. The Kier molecular flexibility index (Phi) is 9.98. The number of benzene rings is 1. The van der Waals surface area contributed by atoms with Crippen LogP contribution in [0, 0.1) is 11.8 Å². The van der Waals surface area contributed by atoms with Gasteiger partial charge in [-0.3, -0.25) is 4.79 Å². The average molecular weight is 403 g/mol. The van der Waals surface area contributed by atoms with Gasteiger partial charge in [-0.1, -0.05) is 32.4 Å². The number of nitrogens with one attached hydrogen (secondary N) is 3. The number of carbonyl (C=O) groups is 1. The van der Waals surface area contributed by atoms with Crippen LogP contribution in [0.3, 0.4) is 0 Å². The van der Waals surface area contributed by atoms with E-state index in [1.807, 2.05) is 31.2 Å². The van der Waals surface area contributed by atoms with Crippen LogP contribution < -0.4 is 16.0 Å². The number of anilines is 1. The normalized spacial score (nSPS) is 15.7. The zero-order valence-electron chi connectivity index (χ0n) is 18.5. The second-order valence-electron chi connectivity index (χ2n) is 7.97. The van der Waals surface area contributed by atoms with Crippen molar-refractivity contribution in [1.29, 1.82) is 0 Å². The highest BCUT2D eigenvalue weighted by atomic mass is 16.5. The summed E-state index contributed by atoms with van der Waals surface area (Å²) >= 11 is 0. The van der Waals surface area contributed by atoms with Gasteiger partial charge in [-0.05, 0) is 56.7 Å². The largest absolute Gasteiger partial charge is 0.378 e. The first-order chi connectivity index (χ1) is 14.0. The number of aliphatic imine (C=N–C) groups is 1. The van der Waals surface area contributed by atoms with Gasteiger partial charge in [0.05, 0.1) is 12.6 Å². The first-order valence-electron chi connectivity index (χ1n) is 11.1. The number of amides is 1. The zero-order valence-corrected chi connectivity index (χ0v) is 18.5. The van der Waals surface area contributed by atoms with Gasteiger partial charge in [-0.25, -0.2) is 4.99 Å². The molecule has 29 heavy (non-hydrogen) atoms. The minimum absolute atomic E-state index is 0.140. The molecule has 162 valence electrons. The molecule has 0 bridgehead atoms. The molecule has 0 aromatic heterocycles. The molecule has 0 saturated heterocycles. The first-order valence-corrected chi connectivity index (χ1v) is 11.1. The van der Waals surface area contributed by atoms with Crippen LogP contribution in [0.1, 0.15) is 58.9 Å². The molecule has 1 aromatic rings. The monoisotopic (exact) mass is 402 g/mol. The van der Waals surface area contributed by atoms with E-state index < -0.39 is 0 Å². The molecular formula is C23H38N4O2. The Balaban J connectivity index is 1.88. The van der Waals surface area contributed by atoms with Gasteiger partial charge in [-0.15, -0.1) is 0 Å². The van der Waals surface area contributed by atoms with Gasteiger partial charge in [0.15, 0.2) is 5.96 Å². The van der Waals surface area contributed by atoms with Crippen LogP contribution in [0.15, 0.2) is 29.3 Å². The van der Waals surface area contributed by atoms with Gasteiger partial charge >= 0.3 is 0 Å². The molecule has 0 heterocycles. The van der Waals surface area contributed by atoms with E-state index in [0.29, 0.717) is 12.5 Å². The van der Waals surface area contributed by atoms with Gasteiger partial charge in [0, 0.05) is 31.3 Å². The topological polar surface area (TPSA) is 74.8 Å². The molecular weight excluding hydrogens is 364 g/mol. The smallest absolute Gasteiger partial charge is 0.227 e. The maximum Gasteiger partial charge on any atom is 0.227 e. The quantitative estimate of drug-likeness (QED) is 0.387. The van der Waals surface area contributed by atoms with Crippen LogP contribution in [0.5, 0.6) is 0 Å². The lowest BCUT2D eigenvalue weighted by atomic mass is 9.85. The fraction of sp³-hybridized carbons (Fsp3) is 0.652. The molecule has 3 N–H and O–H groups in total. The molecule has 1 aromatic carbocycles. The van der Waals surface area contributed by atoms with Crippen molar-refractivity contribution in [3.63, 3.8) is 0 Å². The van der Waals surface area contributed by atoms with Gasteiger partial charge in [0.1, 0.15) is 0 Å². The van der Waals surface area contributed by atoms with Crippen molar-refractivity contribution in [1.82, 2.24) is 10.6 Å². The fourth-order valence-electron chi connectivity index (χ4n) is 3.33. The summed E-state index contributed by atoms with van der Waals surface area (Å²) in [6.45, 7) is 11.4. The maximum absolute atomic E-state index is 12.2. The third kappa shape index (κ3) is 8.05. The molecule has 2 rings (SSSR count). The number of hydrogen-bond donors (Lipinski definition) is 3. The predicted molar refractivity (Wildman–Crippen MR) is 120 cm³/mol. The van der Waals surface area contributed by atoms with Crippen LogP contribution in [0.4, 0.5) is 5.69 Å². The number of hydrogen-bond acceptors (Lipinski definition) is 3. The van der Waals surface area contributed by atoms with E-state index in [2.05, 4.69) is 36.7 Å². The standard InChI is InChI=1S/C23H38N4O2/c1-5-24-23(25-14-13-21(17(3)4)29-6-2)26-16-18-9-7-12-20(15-18)27-22(28)19-10-8-11-19/h7,9,12,15,17,19,21H,5-6,8,10-11,13-14,16H2,1-4H3,(H,27,28)(H2,24,25,26). The maximum atomic E-state index is 12.2. The molecule has 6 heteroatoms. The van der Waals surface area contributed by atoms with E-state index in [9.17, 15) is 4.79 Å². The van der Waals surface area contributed by atoms with E-state index in [1.165, 1.54) is 0 Å². The predicted octanol–water partition coefficient (Wildman–Crippen LogP) is 3.93. The van der Waals surface area contributed by atoms with Crippen molar-refractivity contribution < 1.29 is 9.53 Å². The Bertz CT molecular complexity index is 656. The van der Waals surface area contributed by atoms with Crippen LogP contribution in [-0.4, -0.2) is 37.7 Å². The summed E-state index contributed by atoms with van der Waals surface area (Å²) in [6.07, 6.45) is 4.38. The summed E-state index contributed by atoms with van der Waals surface area (Å²) in [6, 6.07) is 7.95. The van der Waals surface area contributed by atoms with E-state index in [1.54, 1.807) is 0 Å². The van der Waals surface area contributed by atoms with Crippen LogP contribution in [0.25, 0.3) is 0 Å². The van der Waals surface area contributed by atoms with Crippen molar-refractivity contribution in [2.75, 3.05) is 25.0 Å². The fourth-order valence-corrected chi connectivity index (χ4v) is 3.33. The lowest BCUT2D eigenvalue weighted by Crippen LogP contribution is -2.39. The Labute approximate surface area is 175 Å². The second-order valence-corrected chi connectivity index (χ2v) is 7.97. The first kappa shape index (κ1) is 23.2. The van der Waals surface area contributed by atoms with E-state index in [4.69, 9.17) is 9.73 Å². The molecule has 1 aliphatic carbocycles. The molecule has 1 saturated carbocycles. The number of nitrogens with zero attached hydrogens (tertiary/aromatic N) is 1. The lowest BCUT2D eigenvalue weighted by Gasteiger charge is -2.24. The summed E-state index contributed by atoms with van der Waals surface area (Å²) in [5.74, 6) is 1.62. The molecule has 0 spiro atoms. The number of ether oxygens (including phenoxy) is 1. The van der Waals surface area contributed by atoms with E-state index in [0.717, 1.165) is 62.6 Å². The van der Waals surface area contributed by atoms with Gasteiger partial charge in [-0.2, -0.15) is 0 Å². The summed E-state index contributed by atoms with van der Waals surface area (Å²) in [7, 11) is 0. The van der Waals surface area contributed by atoms with Crippen LogP contribution >= 0.6 is 0 Å².